The molecule has 2 N–H and O–H groups in total. The van der Waals surface area contributed by atoms with Gasteiger partial charge in [-0.05, 0) is 12.8 Å². The van der Waals surface area contributed by atoms with E-state index in [9.17, 15) is 0 Å². The Kier molecular flexibility index (Phi) is 3.49. The van der Waals surface area contributed by atoms with Gasteiger partial charge in [0.25, 0.3) is 0 Å². The van der Waals surface area contributed by atoms with Crippen molar-refractivity contribution in [1.29, 1.82) is 0 Å². The molecule has 1 heterocycles. The number of hydrogen-bond acceptors (Lipinski definition) is 4. The highest BCUT2D eigenvalue weighted by atomic mass is 16.3. The minimum atomic E-state index is 0.0927. The van der Waals surface area contributed by atoms with Crippen LogP contribution in [0.5, 0.6) is 5.75 Å². The molecule has 0 fully saturated rings. The van der Waals surface area contributed by atoms with Crippen molar-refractivity contribution in [3.8, 4) is 5.75 Å². The van der Waals surface area contributed by atoms with Crippen LogP contribution in [0, 0.1) is 0 Å². The summed E-state index contributed by atoms with van der Waals surface area (Å²) >= 11 is 0. The molecule has 0 bridgehead atoms. The predicted octanol–water partition coefficient (Wildman–Crippen LogP) is 1.78. The highest BCUT2D eigenvalue weighted by Crippen LogP contribution is 2.08. The highest BCUT2D eigenvalue weighted by Gasteiger charge is 2.03. The van der Waals surface area contributed by atoms with Gasteiger partial charge in [-0.1, -0.05) is 13.8 Å². The van der Waals surface area contributed by atoms with Gasteiger partial charge < -0.3 is 10.4 Å². The molecule has 0 saturated carbocycles. The van der Waals surface area contributed by atoms with Crippen molar-refractivity contribution in [3.05, 3.63) is 12.4 Å². The van der Waals surface area contributed by atoms with Crippen LogP contribution in [-0.2, 0) is 0 Å². The van der Waals surface area contributed by atoms with E-state index in [0.717, 1.165) is 12.8 Å². The number of anilines is 1. The Bertz CT molecular complexity index is 244. The van der Waals surface area contributed by atoms with E-state index < -0.39 is 0 Å². The van der Waals surface area contributed by atoms with Crippen LogP contribution in [0.3, 0.4) is 0 Å². The normalized spacial score (nSPS) is 10.4. The first-order valence-electron chi connectivity index (χ1n) is 4.53. The molecule has 0 radical (unpaired) electrons. The molecular weight excluding hydrogens is 166 g/mol. The summed E-state index contributed by atoms with van der Waals surface area (Å²) in [5.41, 5.74) is 0. The lowest BCUT2D eigenvalue weighted by atomic mass is 10.2. The Balaban J connectivity index is 2.58. The van der Waals surface area contributed by atoms with Gasteiger partial charge in [0.1, 0.15) is 0 Å². The van der Waals surface area contributed by atoms with Crippen LogP contribution >= 0.6 is 0 Å². The molecule has 0 amide bonds. The molecular formula is C9H15N3O. The van der Waals surface area contributed by atoms with E-state index in [0.29, 0.717) is 12.0 Å². The number of aromatic nitrogens is 2. The maximum Gasteiger partial charge on any atom is 0.223 e. The third kappa shape index (κ3) is 2.89. The molecule has 72 valence electrons. The van der Waals surface area contributed by atoms with Crippen LogP contribution in [0.4, 0.5) is 5.95 Å². The van der Waals surface area contributed by atoms with Crippen molar-refractivity contribution in [2.75, 3.05) is 5.32 Å². The van der Waals surface area contributed by atoms with Crippen LogP contribution in [0.2, 0.25) is 0 Å². The fraction of sp³-hybridized carbons (Fsp3) is 0.556. The third-order valence-electron chi connectivity index (χ3n) is 1.96. The van der Waals surface area contributed by atoms with Gasteiger partial charge in [-0.15, -0.1) is 0 Å². The summed E-state index contributed by atoms with van der Waals surface area (Å²) in [6.45, 7) is 4.23. The van der Waals surface area contributed by atoms with E-state index in [1.165, 1.54) is 12.4 Å². The summed E-state index contributed by atoms with van der Waals surface area (Å²) in [7, 11) is 0. The Labute approximate surface area is 78.0 Å². The number of aromatic hydroxyl groups is 1. The third-order valence-corrected chi connectivity index (χ3v) is 1.96. The molecule has 4 heteroatoms. The second-order valence-electron chi connectivity index (χ2n) is 2.92. The van der Waals surface area contributed by atoms with Gasteiger partial charge in [-0.25, -0.2) is 9.97 Å². The minimum Gasteiger partial charge on any atom is -0.505 e. The summed E-state index contributed by atoms with van der Waals surface area (Å²) in [5.74, 6) is 0.668. The molecule has 0 unspecified atom stereocenters. The average molecular weight is 181 g/mol. The lowest BCUT2D eigenvalue weighted by Gasteiger charge is -2.13. The quantitative estimate of drug-likeness (QED) is 0.743. The number of rotatable bonds is 4. The molecule has 0 atom stereocenters. The molecule has 0 aromatic carbocycles. The summed E-state index contributed by atoms with van der Waals surface area (Å²) in [6.07, 6.45) is 4.86. The average Bonchev–Trinajstić information content (AvgIpc) is 2.17. The smallest absolute Gasteiger partial charge is 0.223 e. The van der Waals surface area contributed by atoms with Gasteiger partial charge in [-0.2, -0.15) is 0 Å². The molecule has 1 rings (SSSR count). The zero-order valence-electron chi connectivity index (χ0n) is 7.99. The first kappa shape index (κ1) is 9.77. The van der Waals surface area contributed by atoms with Crippen LogP contribution < -0.4 is 5.32 Å². The van der Waals surface area contributed by atoms with Crippen LogP contribution in [-0.4, -0.2) is 21.1 Å². The van der Waals surface area contributed by atoms with Gasteiger partial charge in [0, 0.05) is 6.04 Å². The maximum atomic E-state index is 8.95. The minimum absolute atomic E-state index is 0.0927. The van der Waals surface area contributed by atoms with Gasteiger partial charge in [0.15, 0.2) is 5.75 Å². The molecule has 13 heavy (non-hydrogen) atoms. The largest absolute Gasteiger partial charge is 0.505 e. The first-order valence-corrected chi connectivity index (χ1v) is 4.53. The summed E-state index contributed by atoms with van der Waals surface area (Å²) in [4.78, 5) is 7.88. The van der Waals surface area contributed by atoms with Crippen molar-refractivity contribution in [3.63, 3.8) is 0 Å². The lowest BCUT2D eigenvalue weighted by molar-refractivity contribution is 0.469. The molecule has 0 aliphatic carbocycles. The van der Waals surface area contributed by atoms with Gasteiger partial charge in [0.2, 0.25) is 5.95 Å². The number of nitrogens with zero attached hydrogens (tertiary/aromatic N) is 2. The van der Waals surface area contributed by atoms with Crippen LogP contribution in [0.1, 0.15) is 26.7 Å². The Morgan fingerprint density at radius 3 is 2.31 bits per heavy atom. The molecule has 1 aromatic heterocycles. The van der Waals surface area contributed by atoms with E-state index in [4.69, 9.17) is 5.11 Å². The molecule has 0 saturated heterocycles. The summed E-state index contributed by atoms with van der Waals surface area (Å²) in [6, 6.07) is 0.407. The maximum absolute atomic E-state index is 8.95. The van der Waals surface area contributed by atoms with E-state index in [1.54, 1.807) is 0 Å². The van der Waals surface area contributed by atoms with Gasteiger partial charge >= 0.3 is 0 Å². The summed E-state index contributed by atoms with van der Waals surface area (Å²) in [5, 5.41) is 12.1. The standard InChI is InChI=1S/C9H15N3O/c1-3-7(4-2)12-9-10-5-8(13)6-11-9/h5-7,13H,3-4H2,1-2H3,(H,10,11,12). The zero-order valence-corrected chi connectivity index (χ0v) is 7.99. The second kappa shape index (κ2) is 4.64. The van der Waals surface area contributed by atoms with Crippen molar-refractivity contribution < 1.29 is 5.11 Å². The predicted molar refractivity (Wildman–Crippen MR) is 51.7 cm³/mol. The Morgan fingerprint density at radius 1 is 1.31 bits per heavy atom. The zero-order chi connectivity index (χ0) is 9.68. The molecule has 0 spiro atoms. The Hall–Kier alpha value is -1.32. The van der Waals surface area contributed by atoms with E-state index in [2.05, 4.69) is 29.1 Å². The second-order valence-corrected chi connectivity index (χ2v) is 2.92. The highest BCUT2D eigenvalue weighted by molar-refractivity contribution is 5.27. The van der Waals surface area contributed by atoms with Gasteiger partial charge in [-0.3, -0.25) is 0 Å². The van der Waals surface area contributed by atoms with E-state index >= 15 is 0 Å². The van der Waals surface area contributed by atoms with Crippen molar-refractivity contribution >= 4 is 5.95 Å². The van der Waals surface area contributed by atoms with Crippen LogP contribution in [0.25, 0.3) is 0 Å². The molecule has 0 aliphatic heterocycles. The fourth-order valence-electron chi connectivity index (χ4n) is 1.07. The fourth-order valence-corrected chi connectivity index (χ4v) is 1.07. The SMILES string of the molecule is CCC(CC)Nc1ncc(O)cn1. The van der Waals surface area contributed by atoms with Crippen molar-refractivity contribution in [1.82, 2.24) is 9.97 Å². The lowest BCUT2D eigenvalue weighted by Crippen LogP contribution is -2.18. The van der Waals surface area contributed by atoms with E-state index in [-0.39, 0.29) is 5.75 Å². The summed E-state index contributed by atoms with van der Waals surface area (Å²) < 4.78 is 0. The number of nitrogens with one attached hydrogen (secondary N) is 1. The van der Waals surface area contributed by atoms with E-state index in [1.807, 2.05) is 0 Å². The van der Waals surface area contributed by atoms with Crippen molar-refractivity contribution in [2.24, 2.45) is 0 Å². The molecule has 4 nitrogen and oxygen atoms in total. The monoisotopic (exact) mass is 181 g/mol. The molecule has 0 aliphatic rings. The Morgan fingerprint density at radius 2 is 1.85 bits per heavy atom. The van der Waals surface area contributed by atoms with Gasteiger partial charge in [0.05, 0.1) is 12.4 Å². The van der Waals surface area contributed by atoms with Crippen LogP contribution in [0.15, 0.2) is 12.4 Å². The topological polar surface area (TPSA) is 58.0 Å². The van der Waals surface area contributed by atoms with Crippen molar-refractivity contribution in [2.45, 2.75) is 32.7 Å². The number of hydrogen-bond donors (Lipinski definition) is 2. The first-order chi connectivity index (χ1) is 6.26. The molecule has 1 aromatic rings.